The summed E-state index contributed by atoms with van der Waals surface area (Å²) in [5.41, 5.74) is -4.18. The molecule has 1 fully saturated rings. The van der Waals surface area contributed by atoms with E-state index in [1.165, 1.54) is 24.0 Å². The van der Waals surface area contributed by atoms with Gasteiger partial charge in [0.25, 0.3) is 0 Å². The highest BCUT2D eigenvalue weighted by Gasteiger charge is 2.44. The van der Waals surface area contributed by atoms with Crippen molar-refractivity contribution in [3.05, 3.63) is 71.0 Å². The van der Waals surface area contributed by atoms with Gasteiger partial charge in [0.1, 0.15) is 0 Å². The number of hydrogen-bond donors (Lipinski definition) is 0. The minimum absolute atomic E-state index is 0.0442. The Morgan fingerprint density at radius 3 is 2.09 bits per heavy atom. The van der Waals surface area contributed by atoms with Crippen LogP contribution in [0.5, 0.6) is 0 Å². The number of amides is 1. The lowest BCUT2D eigenvalue weighted by Crippen LogP contribution is -2.57. The van der Waals surface area contributed by atoms with Crippen LogP contribution in [-0.4, -0.2) is 28.9 Å². The van der Waals surface area contributed by atoms with E-state index in [1.54, 1.807) is 39.0 Å². The predicted molar refractivity (Wildman–Crippen MR) is 113 cm³/mol. The summed E-state index contributed by atoms with van der Waals surface area (Å²) in [7, 11) is 0. The standard InChI is InChI=1S/C24H25F6NO3/c1-5-7-20(6-2)31-21(33)17(14-34-22(31,4)9-8-15(3)32)10-16-11-18(23(25,26)27)13-19(12-16)24(28,29)30/h5-9,11-13,17H,10,14H2,1-4H3/b7-5-,9-8-,20-6+. The van der Waals surface area contributed by atoms with Crippen LogP contribution in [0.1, 0.15) is 44.4 Å². The van der Waals surface area contributed by atoms with Crippen molar-refractivity contribution in [2.45, 2.75) is 52.2 Å². The van der Waals surface area contributed by atoms with Gasteiger partial charge in [-0.05, 0) is 76.1 Å². The Labute approximate surface area is 193 Å². The maximum absolute atomic E-state index is 13.4. The number of nitrogens with zero attached hydrogens (tertiary/aromatic N) is 1. The van der Waals surface area contributed by atoms with Crippen LogP contribution in [0.3, 0.4) is 0 Å². The first-order valence-corrected chi connectivity index (χ1v) is 10.4. The lowest BCUT2D eigenvalue weighted by Gasteiger charge is -2.46. The van der Waals surface area contributed by atoms with Gasteiger partial charge in [0.15, 0.2) is 11.5 Å². The van der Waals surface area contributed by atoms with E-state index in [0.29, 0.717) is 17.8 Å². The number of benzene rings is 1. The van der Waals surface area contributed by atoms with E-state index < -0.39 is 47.5 Å². The number of carbonyl (C=O) groups is 2. The largest absolute Gasteiger partial charge is 0.416 e. The van der Waals surface area contributed by atoms with Gasteiger partial charge in [-0.1, -0.05) is 12.2 Å². The fourth-order valence-electron chi connectivity index (χ4n) is 3.62. The smallest absolute Gasteiger partial charge is 0.351 e. The Bertz CT molecular complexity index is 990. The molecule has 34 heavy (non-hydrogen) atoms. The molecule has 0 spiro atoms. The van der Waals surface area contributed by atoms with Crippen LogP contribution in [0.2, 0.25) is 0 Å². The van der Waals surface area contributed by atoms with Crippen LogP contribution in [-0.2, 0) is 33.1 Å². The van der Waals surface area contributed by atoms with Crippen LogP contribution in [0.4, 0.5) is 26.3 Å². The zero-order valence-corrected chi connectivity index (χ0v) is 19.1. The van der Waals surface area contributed by atoms with Crippen molar-refractivity contribution >= 4 is 11.7 Å². The fourth-order valence-corrected chi connectivity index (χ4v) is 3.62. The molecule has 0 aromatic heterocycles. The summed E-state index contributed by atoms with van der Waals surface area (Å²) in [5, 5.41) is 0. The molecule has 2 atom stereocenters. The number of rotatable bonds is 6. The van der Waals surface area contributed by atoms with Crippen LogP contribution in [0.15, 0.2) is 54.3 Å². The highest BCUT2D eigenvalue weighted by molar-refractivity contribution is 5.88. The highest BCUT2D eigenvalue weighted by Crippen LogP contribution is 2.38. The Morgan fingerprint density at radius 1 is 1.09 bits per heavy atom. The number of allylic oxidation sites excluding steroid dienone is 4. The van der Waals surface area contributed by atoms with Gasteiger partial charge in [0, 0.05) is 5.70 Å². The van der Waals surface area contributed by atoms with Crippen molar-refractivity contribution in [1.29, 1.82) is 0 Å². The van der Waals surface area contributed by atoms with Crippen LogP contribution in [0, 0.1) is 5.92 Å². The number of ketones is 1. The second kappa shape index (κ2) is 10.2. The van der Waals surface area contributed by atoms with Crippen molar-refractivity contribution in [3.63, 3.8) is 0 Å². The van der Waals surface area contributed by atoms with Gasteiger partial charge >= 0.3 is 12.4 Å². The summed E-state index contributed by atoms with van der Waals surface area (Å²) in [6.45, 7) is 5.95. The molecule has 1 heterocycles. The molecule has 0 radical (unpaired) electrons. The molecule has 0 aliphatic carbocycles. The number of halogens is 6. The van der Waals surface area contributed by atoms with Gasteiger partial charge in [-0.15, -0.1) is 0 Å². The normalized spacial score (nSPS) is 22.8. The average molecular weight is 489 g/mol. The molecule has 0 bridgehead atoms. The van der Waals surface area contributed by atoms with Crippen LogP contribution >= 0.6 is 0 Å². The van der Waals surface area contributed by atoms with E-state index in [4.69, 9.17) is 4.74 Å². The molecule has 1 aliphatic rings. The Morgan fingerprint density at radius 2 is 1.65 bits per heavy atom. The maximum Gasteiger partial charge on any atom is 0.416 e. The topological polar surface area (TPSA) is 46.6 Å². The van der Waals surface area contributed by atoms with E-state index in [0.717, 1.165) is 0 Å². The fraction of sp³-hybridized carbons (Fsp3) is 0.417. The molecule has 1 aromatic rings. The molecule has 1 saturated heterocycles. The maximum atomic E-state index is 13.4. The van der Waals surface area contributed by atoms with E-state index in [1.807, 2.05) is 0 Å². The van der Waals surface area contributed by atoms with Crippen molar-refractivity contribution < 1.29 is 40.7 Å². The van der Waals surface area contributed by atoms with Gasteiger partial charge in [-0.25, -0.2) is 0 Å². The monoisotopic (exact) mass is 489 g/mol. The third-order valence-electron chi connectivity index (χ3n) is 5.24. The zero-order chi connectivity index (χ0) is 25.9. The second-order valence-electron chi connectivity index (χ2n) is 8.01. The quantitative estimate of drug-likeness (QED) is 0.276. The summed E-state index contributed by atoms with van der Waals surface area (Å²) in [5.74, 6) is -1.90. The summed E-state index contributed by atoms with van der Waals surface area (Å²) < 4.78 is 85.2. The van der Waals surface area contributed by atoms with E-state index in [-0.39, 0.29) is 24.0 Å². The minimum atomic E-state index is -4.99. The SMILES string of the molecule is C/C=C\C(=C/C)N1C(=O)C(Cc2cc(C(F)(F)F)cc(C(F)(F)F)c2)COC1(C)/C=C\C(C)=O. The summed E-state index contributed by atoms with van der Waals surface area (Å²) in [6, 6.07) is 1.26. The lowest BCUT2D eigenvalue weighted by atomic mass is 9.92. The molecule has 4 nitrogen and oxygen atoms in total. The van der Waals surface area contributed by atoms with Gasteiger partial charge in [-0.3, -0.25) is 14.5 Å². The molecule has 0 saturated carbocycles. The summed E-state index contributed by atoms with van der Waals surface area (Å²) in [6.07, 6.45) is -2.89. The first-order valence-electron chi connectivity index (χ1n) is 10.4. The van der Waals surface area contributed by atoms with Crippen molar-refractivity contribution in [2.24, 2.45) is 5.92 Å². The van der Waals surface area contributed by atoms with Gasteiger partial charge in [-0.2, -0.15) is 26.3 Å². The van der Waals surface area contributed by atoms with Crippen molar-refractivity contribution in [1.82, 2.24) is 4.90 Å². The molecule has 1 aromatic carbocycles. The average Bonchev–Trinajstić information content (AvgIpc) is 2.72. The molecule has 10 heteroatoms. The minimum Gasteiger partial charge on any atom is -0.351 e. The second-order valence-corrected chi connectivity index (χ2v) is 8.01. The predicted octanol–water partition coefficient (Wildman–Crippen LogP) is 6.08. The molecule has 2 unspecified atom stereocenters. The van der Waals surface area contributed by atoms with Crippen molar-refractivity contribution in [3.8, 4) is 0 Å². The number of carbonyl (C=O) groups excluding carboxylic acids is 2. The molecule has 2 rings (SSSR count). The third-order valence-corrected chi connectivity index (χ3v) is 5.24. The Kier molecular flexibility index (Phi) is 8.18. The van der Waals surface area contributed by atoms with E-state index in [9.17, 15) is 35.9 Å². The Hall–Kier alpha value is -2.88. The lowest BCUT2D eigenvalue weighted by molar-refractivity contribution is -0.179. The van der Waals surface area contributed by atoms with E-state index >= 15 is 0 Å². The summed E-state index contributed by atoms with van der Waals surface area (Å²) >= 11 is 0. The van der Waals surface area contributed by atoms with Gasteiger partial charge in [0.2, 0.25) is 5.91 Å². The highest BCUT2D eigenvalue weighted by atomic mass is 19.4. The van der Waals surface area contributed by atoms with Gasteiger partial charge in [0.05, 0.1) is 23.7 Å². The molecular formula is C24H25F6NO3. The molecule has 1 amide bonds. The molecular weight excluding hydrogens is 464 g/mol. The van der Waals surface area contributed by atoms with E-state index in [2.05, 4.69) is 0 Å². The number of hydrogen-bond acceptors (Lipinski definition) is 3. The molecule has 0 N–H and O–H groups in total. The number of ether oxygens (including phenoxy) is 1. The zero-order valence-electron chi connectivity index (χ0n) is 19.1. The number of alkyl halides is 6. The Balaban J connectivity index is 2.51. The van der Waals surface area contributed by atoms with Gasteiger partial charge < -0.3 is 4.74 Å². The van der Waals surface area contributed by atoms with Crippen LogP contribution < -0.4 is 0 Å². The molecule has 1 aliphatic heterocycles. The molecule has 186 valence electrons. The van der Waals surface area contributed by atoms with Crippen LogP contribution in [0.25, 0.3) is 0 Å². The first-order chi connectivity index (χ1) is 15.6. The van der Waals surface area contributed by atoms with Crippen molar-refractivity contribution in [2.75, 3.05) is 6.61 Å². The first kappa shape index (κ1) is 27.4. The third kappa shape index (κ3) is 6.37. The summed E-state index contributed by atoms with van der Waals surface area (Å²) in [4.78, 5) is 26.1.